The van der Waals surface area contributed by atoms with Crippen molar-refractivity contribution in [3.05, 3.63) is 59.2 Å². The second-order valence-corrected chi connectivity index (χ2v) is 9.83. The molecule has 4 aliphatic rings. The molecule has 4 heterocycles. The van der Waals surface area contributed by atoms with E-state index in [0.717, 1.165) is 39.1 Å². The summed E-state index contributed by atoms with van der Waals surface area (Å²) in [5.41, 5.74) is 6.83. The summed E-state index contributed by atoms with van der Waals surface area (Å²) in [6.07, 6.45) is 2.28. The zero-order valence-corrected chi connectivity index (χ0v) is 18.5. The Morgan fingerprint density at radius 1 is 0.968 bits per heavy atom. The fourth-order valence-electron chi connectivity index (χ4n) is 6.10. The molecule has 31 heavy (non-hydrogen) atoms. The second kappa shape index (κ2) is 7.64. The first kappa shape index (κ1) is 19.3. The molecular formula is C26H32N4O. The standard InChI is InChI=1S/C26H32N4O/c1-19-13-22-14-23-21-7-8-29(17-21)25(23)15-24(22)30(19)26(31)18-28-11-9-27(10-12-28)16-20-5-3-2-4-6-20/h2-6,14-15,19,21H,7-13,16-18H2,1H3. The van der Waals surface area contributed by atoms with E-state index >= 15 is 0 Å². The number of anilines is 2. The van der Waals surface area contributed by atoms with E-state index in [1.807, 2.05) is 0 Å². The maximum absolute atomic E-state index is 13.4. The minimum atomic E-state index is 0.261. The van der Waals surface area contributed by atoms with Crippen molar-refractivity contribution in [2.75, 3.05) is 55.6 Å². The fourth-order valence-corrected chi connectivity index (χ4v) is 6.10. The molecule has 2 saturated heterocycles. The van der Waals surface area contributed by atoms with Crippen LogP contribution in [0.25, 0.3) is 0 Å². The maximum atomic E-state index is 13.4. The Balaban J connectivity index is 1.11. The van der Waals surface area contributed by atoms with Crippen LogP contribution >= 0.6 is 0 Å². The van der Waals surface area contributed by atoms with E-state index < -0.39 is 0 Å². The van der Waals surface area contributed by atoms with E-state index in [9.17, 15) is 4.79 Å². The van der Waals surface area contributed by atoms with Crippen molar-refractivity contribution < 1.29 is 4.79 Å². The highest BCUT2D eigenvalue weighted by atomic mass is 16.2. The number of piperazine rings is 1. The van der Waals surface area contributed by atoms with Gasteiger partial charge in [-0.05, 0) is 42.5 Å². The first-order valence-electron chi connectivity index (χ1n) is 11.9. The predicted octanol–water partition coefficient (Wildman–Crippen LogP) is 3.09. The molecule has 5 heteroatoms. The Morgan fingerprint density at radius 3 is 2.55 bits per heavy atom. The van der Waals surface area contributed by atoms with Crippen molar-refractivity contribution in [2.24, 2.45) is 0 Å². The third-order valence-corrected chi connectivity index (χ3v) is 7.75. The molecule has 0 aliphatic carbocycles. The van der Waals surface area contributed by atoms with Crippen molar-refractivity contribution in [3.63, 3.8) is 0 Å². The number of nitrogens with zero attached hydrogens (tertiary/aromatic N) is 4. The lowest BCUT2D eigenvalue weighted by Crippen LogP contribution is -2.50. The lowest BCUT2D eigenvalue weighted by molar-refractivity contribution is -0.120. The monoisotopic (exact) mass is 416 g/mol. The van der Waals surface area contributed by atoms with Crippen molar-refractivity contribution in [2.45, 2.75) is 38.3 Å². The van der Waals surface area contributed by atoms with Gasteiger partial charge in [-0.3, -0.25) is 14.6 Å². The SMILES string of the molecule is CC1Cc2cc3c(cc2N1C(=O)CN1CCN(Cc2ccccc2)CC1)N1CCC3C1. The Bertz CT molecular complexity index is 982. The average molecular weight is 417 g/mol. The summed E-state index contributed by atoms with van der Waals surface area (Å²) in [4.78, 5) is 22.8. The topological polar surface area (TPSA) is 30.0 Å². The lowest BCUT2D eigenvalue weighted by atomic mass is 9.94. The van der Waals surface area contributed by atoms with E-state index in [4.69, 9.17) is 0 Å². The van der Waals surface area contributed by atoms with Crippen molar-refractivity contribution in [3.8, 4) is 0 Å². The number of benzene rings is 2. The summed E-state index contributed by atoms with van der Waals surface area (Å²) in [7, 11) is 0. The second-order valence-electron chi connectivity index (χ2n) is 9.83. The summed E-state index contributed by atoms with van der Waals surface area (Å²) >= 11 is 0. The van der Waals surface area contributed by atoms with E-state index in [0.29, 0.717) is 12.5 Å². The molecule has 0 spiro atoms. The summed E-state index contributed by atoms with van der Waals surface area (Å²) in [6.45, 7) is 10.1. The third-order valence-electron chi connectivity index (χ3n) is 7.75. The Morgan fingerprint density at radius 2 is 1.74 bits per heavy atom. The molecule has 2 unspecified atom stereocenters. The largest absolute Gasteiger partial charge is 0.371 e. The van der Waals surface area contributed by atoms with E-state index in [1.54, 1.807) is 0 Å². The normalized spacial score (nSPS) is 25.2. The van der Waals surface area contributed by atoms with E-state index in [-0.39, 0.29) is 11.9 Å². The van der Waals surface area contributed by atoms with Crippen LogP contribution in [0.3, 0.4) is 0 Å². The van der Waals surface area contributed by atoms with E-state index in [2.05, 4.69) is 69.0 Å². The molecule has 0 saturated carbocycles. The van der Waals surface area contributed by atoms with Crippen LogP contribution in [0.4, 0.5) is 11.4 Å². The maximum Gasteiger partial charge on any atom is 0.241 e. The highest BCUT2D eigenvalue weighted by Gasteiger charge is 2.39. The molecular weight excluding hydrogens is 384 g/mol. The Kier molecular flexibility index (Phi) is 4.77. The van der Waals surface area contributed by atoms with Gasteiger partial charge in [0.25, 0.3) is 0 Å². The molecule has 2 aromatic rings. The molecule has 2 atom stereocenters. The molecule has 6 rings (SSSR count). The number of carbonyl (C=O) groups excluding carboxylic acids is 1. The minimum Gasteiger partial charge on any atom is -0.371 e. The van der Waals surface area contributed by atoms with Crippen molar-refractivity contribution in [1.82, 2.24) is 9.80 Å². The molecule has 4 aliphatic heterocycles. The third kappa shape index (κ3) is 3.44. The Hall–Kier alpha value is -2.37. The van der Waals surface area contributed by atoms with Gasteiger partial charge >= 0.3 is 0 Å². The van der Waals surface area contributed by atoms with Gasteiger partial charge in [0.1, 0.15) is 0 Å². The van der Waals surface area contributed by atoms with Gasteiger partial charge in [0, 0.05) is 69.1 Å². The summed E-state index contributed by atoms with van der Waals surface area (Å²) in [5, 5.41) is 0. The van der Waals surface area contributed by atoms with Crippen LogP contribution in [0.15, 0.2) is 42.5 Å². The lowest BCUT2D eigenvalue weighted by Gasteiger charge is -2.35. The minimum absolute atomic E-state index is 0.261. The number of fused-ring (bicyclic) bond motifs is 6. The molecule has 5 nitrogen and oxygen atoms in total. The molecule has 2 aromatic carbocycles. The van der Waals surface area contributed by atoms with Crippen molar-refractivity contribution >= 4 is 17.3 Å². The van der Waals surface area contributed by atoms with Gasteiger partial charge in [0.05, 0.1) is 6.54 Å². The molecule has 1 amide bonds. The van der Waals surface area contributed by atoms with Crippen LogP contribution in [0.5, 0.6) is 0 Å². The number of amides is 1. The van der Waals surface area contributed by atoms with Gasteiger partial charge < -0.3 is 9.80 Å². The van der Waals surface area contributed by atoms with E-state index in [1.165, 1.54) is 47.6 Å². The van der Waals surface area contributed by atoms with Crippen LogP contribution in [0.2, 0.25) is 0 Å². The van der Waals surface area contributed by atoms with Gasteiger partial charge in [-0.1, -0.05) is 36.4 Å². The molecule has 162 valence electrons. The van der Waals surface area contributed by atoms with Crippen LogP contribution in [-0.2, 0) is 17.8 Å². The highest BCUT2D eigenvalue weighted by molar-refractivity contribution is 5.98. The molecule has 2 fully saturated rings. The average Bonchev–Trinajstić information content (AvgIpc) is 3.47. The van der Waals surface area contributed by atoms with Crippen LogP contribution in [-0.4, -0.2) is 67.6 Å². The van der Waals surface area contributed by atoms with Gasteiger partial charge in [-0.15, -0.1) is 0 Å². The van der Waals surface area contributed by atoms with Crippen molar-refractivity contribution in [1.29, 1.82) is 0 Å². The smallest absolute Gasteiger partial charge is 0.241 e. The number of rotatable bonds is 4. The molecule has 0 N–H and O–H groups in total. The Labute approximate surface area is 185 Å². The first-order chi connectivity index (χ1) is 15.2. The summed E-state index contributed by atoms with van der Waals surface area (Å²) in [6, 6.07) is 15.7. The number of hydrogen-bond acceptors (Lipinski definition) is 4. The van der Waals surface area contributed by atoms with Crippen LogP contribution < -0.4 is 9.80 Å². The van der Waals surface area contributed by atoms with Crippen LogP contribution in [0.1, 0.15) is 36.0 Å². The van der Waals surface area contributed by atoms with Gasteiger partial charge in [-0.2, -0.15) is 0 Å². The zero-order chi connectivity index (χ0) is 20.9. The number of hydrogen-bond donors (Lipinski definition) is 0. The summed E-state index contributed by atoms with van der Waals surface area (Å²) in [5.74, 6) is 0.980. The molecule has 0 radical (unpaired) electrons. The quantitative estimate of drug-likeness (QED) is 0.766. The molecule has 2 bridgehead atoms. The fraction of sp³-hybridized carbons (Fsp3) is 0.500. The van der Waals surface area contributed by atoms with Gasteiger partial charge in [0.2, 0.25) is 5.91 Å². The molecule has 0 aromatic heterocycles. The highest BCUT2D eigenvalue weighted by Crippen LogP contribution is 2.48. The zero-order valence-electron chi connectivity index (χ0n) is 18.5. The van der Waals surface area contributed by atoms with Gasteiger partial charge in [0.15, 0.2) is 0 Å². The first-order valence-corrected chi connectivity index (χ1v) is 11.9. The number of carbonyl (C=O) groups is 1. The van der Waals surface area contributed by atoms with Crippen LogP contribution in [0, 0.1) is 0 Å². The summed E-state index contributed by atoms with van der Waals surface area (Å²) < 4.78 is 0. The van der Waals surface area contributed by atoms with Gasteiger partial charge in [-0.25, -0.2) is 0 Å². The predicted molar refractivity (Wildman–Crippen MR) is 125 cm³/mol.